The molecular formula is C31H54N2O8. The lowest BCUT2D eigenvalue weighted by atomic mass is 9.68. The van der Waals surface area contributed by atoms with Gasteiger partial charge in [0, 0.05) is 12.1 Å². The van der Waals surface area contributed by atoms with Crippen LogP contribution in [-0.2, 0) is 38.1 Å². The highest BCUT2D eigenvalue weighted by atomic mass is 16.5. The van der Waals surface area contributed by atoms with Gasteiger partial charge in [0.25, 0.3) is 0 Å². The summed E-state index contributed by atoms with van der Waals surface area (Å²) in [5.74, 6) is 0.602. The van der Waals surface area contributed by atoms with Crippen LogP contribution < -0.4 is 10.6 Å². The molecule has 2 N–H and O–H groups in total. The van der Waals surface area contributed by atoms with Gasteiger partial charge in [-0.2, -0.15) is 0 Å². The van der Waals surface area contributed by atoms with Crippen molar-refractivity contribution in [1.29, 1.82) is 0 Å². The summed E-state index contributed by atoms with van der Waals surface area (Å²) >= 11 is 0. The Morgan fingerprint density at radius 3 is 1.29 bits per heavy atom. The highest BCUT2D eigenvalue weighted by Crippen LogP contribution is 2.41. The van der Waals surface area contributed by atoms with E-state index in [4.69, 9.17) is 18.9 Å². The molecule has 0 aromatic heterocycles. The molecule has 10 heteroatoms. The van der Waals surface area contributed by atoms with Crippen molar-refractivity contribution in [3.05, 3.63) is 0 Å². The number of esters is 4. The lowest BCUT2D eigenvalue weighted by molar-refractivity contribution is -0.152. The normalized spacial score (nSPS) is 27.8. The van der Waals surface area contributed by atoms with E-state index >= 15 is 0 Å². The second kappa shape index (κ2) is 18.4. The summed E-state index contributed by atoms with van der Waals surface area (Å²) in [6.07, 6.45) is 7.07. The molecule has 2 aliphatic carbocycles. The third-order valence-electron chi connectivity index (χ3n) is 8.67. The maximum absolute atomic E-state index is 12.5. The van der Waals surface area contributed by atoms with Gasteiger partial charge in [-0.1, -0.05) is 13.8 Å². The molecular weight excluding hydrogens is 528 g/mol. The Kier molecular flexibility index (Phi) is 15.7. The Morgan fingerprint density at radius 2 is 0.976 bits per heavy atom. The van der Waals surface area contributed by atoms with Crippen LogP contribution in [0.3, 0.4) is 0 Å². The molecule has 0 aliphatic heterocycles. The topological polar surface area (TPSA) is 129 Å². The van der Waals surface area contributed by atoms with Gasteiger partial charge in [0.2, 0.25) is 0 Å². The van der Waals surface area contributed by atoms with E-state index in [2.05, 4.69) is 24.5 Å². The molecule has 2 rings (SSSR count). The molecule has 8 atom stereocenters. The minimum absolute atomic E-state index is 0.0212. The number of ether oxygens (including phenoxy) is 4. The first kappa shape index (κ1) is 35.0. The fourth-order valence-corrected chi connectivity index (χ4v) is 6.56. The van der Waals surface area contributed by atoms with Gasteiger partial charge in [0.1, 0.15) is 12.1 Å². The molecule has 0 amide bonds. The van der Waals surface area contributed by atoms with Crippen molar-refractivity contribution in [3.63, 3.8) is 0 Å². The van der Waals surface area contributed by atoms with Gasteiger partial charge in [-0.05, 0) is 96.3 Å². The zero-order chi connectivity index (χ0) is 30.4. The Hall–Kier alpha value is -2.20. The van der Waals surface area contributed by atoms with E-state index in [-0.39, 0.29) is 51.4 Å². The van der Waals surface area contributed by atoms with Crippen LogP contribution in [-0.4, -0.2) is 74.5 Å². The summed E-state index contributed by atoms with van der Waals surface area (Å²) in [4.78, 5) is 49.1. The van der Waals surface area contributed by atoms with E-state index in [9.17, 15) is 19.2 Å². The summed E-state index contributed by atoms with van der Waals surface area (Å²) in [7, 11) is 0. The van der Waals surface area contributed by atoms with E-state index in [1.807, 2.05) is 0 Å². The molecule has 8 unspecified atom stereocenters. The molecule has 236 valence electrons. The van der Waals surface area contributed by atoms with Crippen molar-refractivity contribution in [2.45, 2.75) is 123 Å². The first-order chi connectivity index (χ1) is 19.6. The molecule has 0 spiro atoms. The predicted molar refractivity (Wildman–Crippen MR) is 155 cm³/mol. The molecule has 41 heavy (non-hydrogen) atoms. The fourth-order valence-electron chi connectivity index (χ4n) is 6.56. The number of carbonyl (C=O) groups excluding carboxylic acids is 4. The number of carbonyl (C=O) groups is 4. The lowest BCUT2D eigenvalue weighted by Crippen LogP contribution is -2.49. The standard InChI is InChI=1S/C31H54N2O8/c1-7-38-28(34)18-26(30(36)40-9-3)32-24-13-11-22(20(5)15-24)17-23-12-14-25(16-21(23)6)33-27(31(37)41-10-4)19-29(35)39-8-2/h20-27,32-33H,7-19H2,1-6H3. The smallest absolute Gasteiger partial charge is 0.323 e. The van der Waals surface area contributed by atoms with E-state index < -0.39 is 36.0 Å². The van der Waals surface area contributed by atoms with Crippen LogP contribution in [0.4, 0.5) is 0 Å². The number of hydrogen-bond donors (Lipinski definition) is 2. The number of hydrogen-bond acceptors (Lipinski definition) is 10. The zero-order valence-electron chi connectivity index (χ0n) is 26.1. The van der Waals surface area contributed by atoms with Crippen LogP contribution >= 0.6 is 0 Å². The summed E-state index contributed by atoms with van der Waals surface area (Å²) < 4.78 is 20.6. The number of rotatable bonds is 16. The first-order valence-corrected chi connectivity index (χ1v) is 15.8. The van der Waals surface area contributed by atoms with Crippen molar-refractivity contribution in [2.75, 3.05) is 26.4 Å². The molecule has 0 heterocycles. The Labute approximate surface area is 246 Å². The molecule has 0 aromatic carbocycles. The average Bonchev–Trinajstić information content (AvgIpc) is 2.91. The van der Waals surface area contributed by atoms with Gasteiger partial charge < -0.3 is 29.6 Å². The van der Waals surface area contributed by atoms with Crippen LogP contribution in [0.1, 0.15) is 99.3 Å². The Bertz CT molecular complexity index is 771. The highest BCUT2D eigenvalue weighted by molar-refractivity contribution is 5.83. The SMILES string of the molecule is CCOC(=O)CC(NC1CCC(CC2CCC(NC(CC(=O)OCC)C(=O)OCC)CC2C)C(C)C1)C(=O)OCC. The second-order valence-electron chi connectivity index (χ2n) is 11.7. The first-order valence-electron chi connectivity index (χ1n) is 15.8. The maximum atomic E-state index is 12.5. The van der Waals surface area contributed by atoms with Crippen LogP contribution in [0.2, 0.25) is 0 Å². The molecule has 2 fully saturated rings. The molecule has 10 nitrogen and oxygen atoms in total. The van der Waals surface area contributed by atoms with E-state index in [1.54, 1.807) is 27.7 Å². The molecule has 2 saturated carbocycles. The van der Waals surface area contributed by atoms with Gasteiger partial charge >= 0.3 is 23.9 Å². The van der Waals surface area contributed by atoms with Gasteiger partial charge in [-0.25, -0.2) is 0 Å². The van der Waals surface area contributed by atoms with Gasteiger partial charge in [-0.3, -0.25) is 19.2 Å². The van der Waals surface area contributed by atoms with E-state index in [0.29, 0.717) is 23.7 Å². The fraction of sp³-hybridized carbons (Fsp3) is 0.871. The molecule has 0 radical (unpaired) electrons. The van der Waals surface area contributed by atoms with Crippen LogP contribution in [0.25, 0.3) is 0 Å². The molecule has 2 aliphatic rings. The quantitative estimate of drug-likeness (QED) is 0.204. The molecule has 0 aromatic rings. The molecule has 0 bridgehead atoms. The van der Waals surface area contributed by atoms with Gasteiger partial charge in [-0.15, -0.1) is 0 Å². The Morgan fingerprint density at radius 1 is 0.610 bits per heavy atom. The van der Waals surface area contributed by atoms with Gasteiger partial charge in [0.05, 0.1) is 39.3 Å². The van der Waals surface area contributed by atoms with Crippen molar-refractivity contribution in [3.8, 4) is 0 Å². The second-order valence-corrected chi connectivity index (χ2v) is 11.7. The minimum atomic E-state index is -0.687. The third kappa shape index (κ3) is 11.9. The summed E-state index contributed by atoms with van der Waals surface area (Å²) in [5, 5.41) is 6.80. The maximum Gasteiger partial charge on any atom is 0.323 e. The van der Waals surface area contributed by atoms with Crippen LogP contribution in [0.15, 0.2) is 0 Å². The number of nitrogens with one attached hydrogen (secondary N) is 2. The van der Waals surface area contributed by atoms with Crippen molar-refractivity contribution in [2.24, 2.45) is 23.7 Å². The summed E-state index contributed by atoms with van der Waals surface area (Å²) in [5.41, 5.74) is 0. The Balaban J connectivity index is 1.88. The average molecular weight is 583 g/mol. The zero-order valence-corrected chi connectivity index (χ0v) is 26.1. The highest BCUT2D eigenvalue weighted by Gasteiger charge is 2.37. The van der Waals surface area contributed by atoms with Crippen molar-refractivity contribution >= 4 is 23.9 Å². The van der Waals surface area contributed by atoms with Gasteiger partial charge in [0.15, 0.2) is 0 Å². The van der Waals surface area contributed by atoms with Crippen LogP contribution in [0.5, 0.6) is 0 Å². The summed E-state index contributed by atoms with van der Waals surface area (Å²) in [6.45, 7) is 12.7. The minimum Gasteiger partial charge on any atom is -0.466 e. The van der Waals surface area contributed by atoms with Crippen molar-refractivity contribution < 1.29 is 38.1 Å². The van der Waals surface area contributed by atoms with E-state index in [0.717, 1.165) is 44.9 Å². The molecule has 0 saturated heterocycles. The lowest BCUT2D eigenvalue weighted by Gasteiger charge is -2.41. The van der Waals surface area contributed by atoms with Crippen molar-refractivity contribution in [1.82, 2.24) is 10.6 Å². The third-order valence-corrected chi connectivity index (χ3v) is 8.67. The largest absolute Gasteiger partial charge is 0.466 e. The van der Waals surface area contributed by atoms with Crippen LogP contribution in [0, 0.1) is 23.7 Å². The van der Waals surface area contributed by atoms with E-state index in [1.165, 1.54) is 0 Å². The summed E-state index contributed by atoms with van der Waals surface area (Å²) in [6, 6.07) is -1.07. The predicted octanol–water partition coefficient (Wildman–Crippen LogP) is 3.94. The monoisotopic (exact) mass is 582 g/mol.